The van der Waals surface area contributed by atoms with Gasteiger partial charge in [-0.1, -0.05) is 42.5 Å². The van der Waals surface area contributed by atoms with Gasteiger partial charge in [-0.2, -0.15) is 0 Å². The minimum absolute atomic E-state index is 0.0425. The van der Waals surface area contributed by atoms with Gasteiger partial charge in [0.15, 0.2) is 0 Å². The Morgan fingerprint density at radius 2 is 1.53 bits per heavy atom. The molecule has 248 valence electrons. The number of methoxy groups -OCH3 is 1. The topological polar surface area (TPSA) is 105 Å². The first-order chi connectivity index (χ1) is 22.7. The lowest BCUT2D eigenvalue weighted by Crippen LogP contribution is -2.53. The quantitative estimate of drug-likeness (QED) is 0.150. The minimum atomic E-state index is -4.22. The van der Waals surface area contributed by atoms with E-state index < -0.39 is 28.5 Å². The van der Waals surface area contributed by atoms with Gasteiger partial charge in [0.25, 0.3) is 10.0 Å². The van der Waals surface area contributed by atoms with E-state index in [1.165, 1.54) is 28.8 Å². The van der Waals surface area contributed by atoms with Crippen molar-refractivity contribution in [3.8, 4) is 11.5 Å². The van der Waals surface area contributed by atoms with Gasteiger partial charge in [0, 0.05) is 24.4 Å². The first-order valence-electron chi connectivity index (χ1n) is 15.3. The van der Waals surface area contributed by atoms with Crippen molar-refractivity contribution < 1.29 is 27.5 Å². The Kier molecular flexibility index (Phi) is 12.7. The maximum absolute atomic E-state index is 14.6. The highest BCUT2D eigenvalue weighted by Crippen LogP contribution is 2.28. The molecule has 1 atom stereocenters. The largest absolute Gasteiger partial charge is 0.497 e. The van der Waals surface area contributed by atoms with Crippen LogP contribution in [0.4, 0.5) is 5.69 Å². The van der Waals surface area contributed by atoms with Crippen LogP contribution in [0.3, 0.4) is 0 Å². The van der Waals surface area contributed by atoms with E-state index in [1.54, 1.807) is 55.6 Å². The van der Waals surface area contributed by atoms with Gasteiger partial charge in [-0.25, -0.2) is 8.42 Å². The monoisotopic (exact) mass is 675 g/mol. The SMILES string of the molecule is CCNC(=O)[C@@H](Cc1ccccc1)N(Cc1cccc(OC)c1)C(=O)CN(c1ccc(OCC)cc1)S(=O)(=O)c1ccc(SC)cc1. The van der Waals surface area contributed by atoms with Crippen LogP contribution in [0, 0.1) is 0 Å². The van der Waals surface area contributed by atoms with Crippen LogP contribution >= 0.6 is 11.8 Å². The van der Waals surface area contributed by atoms with E-state index in [0.29, 0.717) is 24.7 Å². The molecule has 0 aliphatic rings. The molecule has 0 aromatic heterocycles. The fourth-order valence-corrected chi connectivity index (χ4v) is 6.91. The molecule has 4 aromatic carbocycles. The summed E-state index contributed by atoms with van der Waals surface area (Å²) in [4.78, 5) is 30.6. The lowest BCUT2D eigenvalue weighted by molar-refractivity contribution is -0.140. The van der Waals surface area contributed by atoms with Gasteiger partial charge in [0.1, 0.15) is 24.1 Å². The van der Waals surface area contributed by atoms with E-state index in [1.807, 2.05) is 62.6 Å². The maximum Gasteiger partial charge on any atom is 0.264 e. The molecule has 0 radical (unpaired) electrons. The predicted molar refractivity (Wildman–Crippen MR) is 187 cm³/mol. The second kappa shape index (κ2) is 16.9. The molecule has 2 amide bonds. The second-order valence-corrected chi connectivity index (χ2v) is 13.3. The molecule has 4 rings (SSSR count). The third kappa shape index (κ3) is 9.30. The molecule has 0 saturated heterocycles. The summed E-state index contributed by atoms with van der Waals surface area (Å²) in [5.74, 6) is 0.289. The lowest BCUT2D eigenvalue weighted by Gasteiger charge is -2.34. The number of ether oxygens (including phenoxy) is 2. The molecule has 0 aliphatic heterocycles. The molecule has 4 aromatic rings. The van der Waals surface area contributed by atoms with Gasteiger partial charge < -0.3 is 19.7 Å². The molecule has 0 bridgehead atoms. The zero-order valence-corrected chi connectivity index (χ0v) is 28.7. The average Bonchev–Trinajstić information content (AvgIpc) is 3.09. The van der Waals surface area contributed by atoms with Crippen LogP contribution in [0.1, 0.15) is 25.0 Å². The fourth-order valence-electron chi connectivity index (χ4n) is 5.09. The van der Waals surface area contributed by atoms with Crippen molar-refractivity contribution in [3.05, 3.63) is 114 Å². The molecule has 0 unspecified atom stereocenters. The number of rotatable bonds is 16. The Morgan fingerprint density at radius 1 is 0.851 bits per heavy atom. The van der Waals surface area contributed by atoms with E-state index >= 15 is 0 Å². The van der Waals surface area contributed by atoms with Crippen LogP contribution in [0.5, 0.6) is 11.5 Å². The van der Waals surface area contributed by atoms with E-state index in [-0.39, 0.29) is 29.5 Å². The molecule has 0 spiro atoms. The standard InChI is InChI=1S/C36H41N3O6S2/c1-5-37-36(41)34(24-27-11-8-7-9-12-27)38(25-28-13-10-14-31(23-28)44-3)35(40)26-39(29-15-17-30(18-16-29)45-6-2)47(42,43)33-21-19-32(46-4)20-22-33/h7-23,34H,5-6,24-26H2,1-4H3,(H,37,41)/t34-/m1/s1. The van der Waals surface area contributed by atoms with Crippen molar-refractivity contribution in [2.45, 2.75) is 42.6 Å². The molecule has 1 N–H and O–H groups in total. The number of hydrogen-bond donors (Lipinski definition) is 1. The molecule has 0 fully saturated rings. The summed E-state index contributed by atoms with van der Waals surface area (Å²) in [6, 6.07) is 28.9. The molecule has 0 saturated carbocycles. The summed E-state index contributed by atoms with van der Waals surface area (Å²) in [6.07, 6.45) is 2.14. The summed E-state index contributed by atoms with van der Waals surface area (Å²) in [5, 5.41) is 2.87. The number of likely N-dealkylation sites (N-methyl/N-ethyl adjacent to an activating group) is 1. The van der Waals surface area contributed by atoms with Crippen molar-refractivity contribution in [1.82, 2.24) is 10.2 Å². The highest BCUT2D eigenvalue weighted by Gasteiger charge is 2.34. The van der Waals surface area contributed by atoms with Crippen LogP contribution in [0.2, 0.25) is 0 Å². The highest BCUT2D eigenvalue weighted by atomic mass is 32.2. The van der Waals surface area contributed by atoms with Crippen molar-refractivity contribution in [2.24, 2.45) is 0 Å². The molecule has 9 nitrogen and oxygen atoms in total. The minimum Gasteiger partial charge on any atom is -0.497 e. The fraction of sp³-hybridized carbons (Fsp3) is 0.278. The van der Waals surface area contributed by atoms with E-state index in [2.05, 4.69) is 5.32 Å². The van der Waals surface area contributed by atoms with Gasteiger partial charge in [-0.3, -0.25) is 13.9 Å². The number of nitrogens with one attached hydrogen (secondary N) is 1. The first-order valence-corrected chi connectivity index (χ1v) is 18.0. The number of benzene rings is 4. The molecule has 11 heteroatoms. The number of anilines is 1. The van der Waals surface area contributed by atoms with Gasteiger partial charge in [0.2, 0.25) is 11.8 Å². The lowest BCUT2D eigenvalue weighted by atomic mass is 10.0. The third-order valence-electron chi connectivity index (χ3n) is 7.47. The van der Waals surface area contributed by atoms with Crippen LogP contribution < -0.4 is 19.1 Å². The van der Waals surface area contributed by atoms with Crippen LogP contribution in [0.15, 0.2) is 113 Å². The molecule has 47 heavy (non-hydrogen) atoms. The maximum atomic E-state index is 14.6. The molecular formula is C36H41N3O6S2. The van der Waals surface area contributed by atoms with Crippen molar-refractivity contribution in [2.75, 3.05) is 37.4 Å². The molecular weight excluding hydrogens is 635 g/mol. The summed E-state index contributed by atoms with van der Waals surface area (Å²) in [5.41, 5.74) is 1.87. The molecule has 0 aliphatic carbocycles. The zero-order chi connectivity index (χ0) is 33.8. The van der Waals surface area contributed by atoms with Crippen LogP contribution in [0.25, 0.3) is 0 Å². The Labute approximate surface area is 281 Å². The number of nitrogens with zero attached hydrogens (tertiary/aromatic N) is 2. The zero-order valence-electron chi connectivity index (χ0n) is 27.1. The number of carbonyl (C=O) groups excluding carboxylic acids is 2. The van der Waals surface area contributed by atoms with E-state index in [0.717, 1.165) is 20.3 Å². The normalized spacial score (nSPS) is 11.7. The Hall–Kier alpha value is -4.48. The average molecular weight is 676 g/mol. The summed E-state index contributed by atoms with van der Waals surface area (Å²) >= 11 is 1.50. The van der Waals surface area contributed by atoms with Crippen LogP contribution in [-0.2, 0) is 32.6 Å². The summed E-state index contributed by atoms with van der Waals surface area (Å²) in [7, 11) is -2.66. The number of carbonyl (C=O) groups is 2. The Morgan fingerprint density at radius 3 is 2.15 bits per heavy atom. The van der Waals surface area contributed by atoms with Crippen molar-refractivity contribution in [3.63, 3.8) is 0 Å². The second-order valence-electron chi connectivity index (χ2n) is 10.6. The summed E-state index contributed by atoms with van der Waals surface area (Å²) < 4.78 is 40.6. The van der Waals surface area contributed by atoms with Crippen LogP contribution in [-0.4, -0.2) is 64.2 Å². The highest BCUT2D eigenvalue weighted by molar-refractivity contribution is 7.98. The Balaban J connectivity index is 1.80. The number of thioether (sulfide) groups is 1. The van der Waals surface area contributed by atoms with Gasteiger partial charge in [-0.15, -0.1) is 11.8 Å². The van der Waals surface area contributed by atoms with E-state index in [4.69, 9.17) is 9.47 Å². The number of sulfonamides is 1. The third-order valence-corrected chi connectivity index (χ3v) is 10.0. The smallest absolute Gasteiger partial charge is 0.264 e. The van der Waals surface area contributed by atoms with E-state index in [9.17, 15) is 18.0 Å². The van der Waals surface area contributed by atoms with Crippen molar-refractivity contribution in [1.29, 1.82) is 0 Å². The van der Waals surface area contributed by atoms with Crippen molar-refractivity contribution >= 4 is 39.3 Å². The summed E-state index contributed by atoms with van der Waals surface area (Å²) in [6.45, 7) is 3.99. The first kappa shape index (κ1) is 35.4. The Bertz CT molecular complexity index is 1720. The molecule has 0 heterocycles. The predicted octanol–water partition coefficient (Wildman–Crippen LogP) is 5.79. The number of amides is 2. The van der Waals surface area contributed by atoms with Gasteiger partial charge in [0.05, 0.1) is 24.3 Å². The number of hydrogen-bond acceptors (Lipinski definition) is 7. The van der Waals surface area contributed by atoms with Gasteiger partial charge >= 0.3 is 0 Å². The van der Waals surface area contributed by atoms with Gasteiger partial charge in [-0.05, 0) is 91.9 Å².